The molecule has 92 valence electrons. The third-order valence-corrected chi connectivity index (χ3v) is 2.53. The van der Waals surface area contributed by atoms with E-state index in [-0.39, 0.29) is 17.9 Å². The molecule has 1 saturated heterocycles. The molecule has 1 aliphatic heterocycles. The second-order valence-corrected chi connectivity index (χ2v) is 3.91. The van der Waals surface area contributed by atoms with Crippen LogP contribution in [-0.4, -0.2) is 37.6 Å². The van der Waals surface area contributed by atoms with Crippen LogP contribution in [0, 0.1) is 0 Å². The Labute approximate surface area is 95.9 Å². The molecule has 0 aromatic heterocycles. The van der Waals surface area contributed by atoms with Crippen LogP contribution in [0.1, 0.15) is 32.6 Å². The van der Waals surface area contributed by atoms with E-state index in [2.05, 4.69) is 10.6 Å². The molecule has 1 fully saturated rings. The van der Waals surface area contributed by atoms with Gasteiger partial charge in [-0.2, -0.15) is 0 Å². The SMILES string of the molecule is CCOCCCC(=O)NC1CCC(=O)NC1. The average Bonchev–Trinajstić information content (AvgIpc) is 2.28. The summed E-state index contributed by atoms with van der Waals surface area (Å²) < 4.78 is 5.15. The molecule has 0 radical (unpaired) electrons. The fraction of sp³-hybridized carbons (Fsp3) is 0.818. The summed E-state index contributed by atoms with van der Waals surface area (Å²) in [5.41, 5.74) is 0. The van der Waals surface area contributed by atoms with Crippen LogP contribution < -0.4 is 10.6 Å². The van der Waals surface area contributed by atoms with Gasteiger partial charge in [0, 0.05) is 38.6 Å². The van der Waals surface area contributed by atoms with E-state index in [0.717, 1.165) is 12.8 Å². The second kappa shape index (κ2) is 7.22. The monoisotopic (exact) mass is 228 g/mol. The summed E-state index contributed by atoms with van der Waals surface area (Å²) in [7, 11) is 0. The highest BCUT2D eigenvalue weighted by Crippen LogP contribution is 2.03. The lowest BCUT2D eigenvalue weighted by Crippen LogP contribution is -2.47. The van der Waals surface area contributed by atoms with Crippen LogP contribution in [0.15, 0.2) is 0 Å². The Hall–Kier alpha value is -1.10. The smallest absolute Gasteiger partial charge is 0.220 e. The van der Waals surface area contributed by atoms with E-state index in [1.54, 1.807) is 0 Å². The Morgan fingerprint density at radius 1 is 1.62 bits per heavy atom. The van der Waals surface area contributed by atoms with Gasteiger partial charge in [-0.25, -0.2) is 0 Å². The van der Waals surface area contributed by atoms with Gasteiger partial charge in [0.1, 0.15) is 0 Å². The van der Waals surface area contributed by atoms with Crippen molar-refractivity contribution < 1.29 is 14.3 Å². The molecule has 0 saturated carbocycles. The van der Waals surface area contributed by atoms with E-state index >= 15 is 0 Å². The number of ether oxygens (including phenoxy) is 1. The first kappa shape index (κ1) is 13.0. The van der Waals surface area contributed by atoms with E-state index in [0.29, 0.717) is 32.6 Å². The number of amides is 2. The Bertz CT molecular complexity index is 233. The van der Waals surface area contributed by atoms with Crippen LogP contribution >= 0.6 is 0 Å². The van der Waals surface area contributed by atoms with Gasteiger partial charge in [0.2, 0.25) is 11.8 Å². The molecule has 5 heteroatoms. The Kier molecular flexibility index (Phi) is 5.85. The first-order chi connectivity index (χ1) is 7.72. The molecule has 0 bridgehead atoms. The maximum atomic E-state index is 11.5. The predicted octanol–water partition coefficient (Wildman–Crippen LogP) is 0.198. The zero-order chi connectivity index (χ0) is 11.8. The molecule has 2 amide bonds. The van der Waals surface area contributed by atoms with Crippen molar-refractivity contribution in [2.24, 2.45) is 0 Å². The van der Waals surface area contributed by atoms with Crippen molar-refractivity contribution in [3.05, 3.63) is 0 Å². The van der Waals surface area contributed by atoms with Gasteiger partial charge in [-0.15, -0.1) is 0 Å². The largest absolute Gasteiger partial charge is 0.382 e. The van der Waals surface area contributed by atoms with E-state index in [4.69, 9.17) is 4.74 Å². The van der Waals surface area contributed by atoms with E-state index in [1.165, 1.54) is 0 Å². The topological polar surface area (TPSA) is 67.4 Å². The quantitative estimate of drug-likeness (QED) is 0.638. The van der Waals surface area contributed by atoms with Crippen LogP contribution in [0.2, 0.25) is 0 Å². The van der Waals surface area contributed by atoms with Crippen molar-refractivity contribution in [2.75, 3.05) is 19.8 Å². The number of rotatable bonds is 6. The fourth-order valence-electron chi connectivity index (χ4n) is 1.63. The van der Waals surface area contributed by atoms with Crippen molar-refractivity contribution in [3.8, 4) is 0 Å². The summed E-state index contributed by atoms with van der Waals surface area (Å²) in [4.78, 5) is 22.4. The second-order valence-electron chi connectivity index (χ2n) is 3.91. The van der Waals surface area contributed by atoms with Crippen molar-refractivity contribution in [2.45, 2.75) is 38.6 Å². The number of carbonyl (C=O) groups is 2. The number of piperidine rings is 1. The summed E-state index contributed by atoms with van der Waals surface area (Å²) in [6, 6.07) is 0.0947. The molecule has 0 aliphatic carbocycles. The molecule has 1 aliphatic rings. The van der Waals surface area contributed by atoms with Crippen molar-refractivity contribution in [3.63, 3.8) is 0 Å². The van der Waals surface area contributed by atoms with Crippen LogP contribution in [-0.2, 0) is 14.3 Å². The zero-order valence-corrected chi connectivity index (χ0v) is 9.75. The van der Waals surface area contributed by atoms with Crippen LogP contribution in [0.4, 0.5) is 0 Å². The molecule has 5 nitrogen and oxygen atoms in total. The minimum absolute atomic E-state index is 0.0425. The number of hydrogen-bond donors (Lipinski definition) is 2. The Morgan fingerprint density at radius 2 is 2.44 bits per heavy atom. The molecule has 0 aromatic rings. The van der Waals surface area contributed by atoms with E-state index in [1.807, 2.05) is 6.92 Å². The maximum Gasteiger partial charge on any atom is 0.220 e. The molecule has 1 heterocycles. The van der Waals surface area contributed by atoms with Crippen molar-refractivity contribution >= 4 is 11.8 Å². The van der Waals surface area contributed by atoms with Crippen LogP contribution in [0.25, 0.3) is 0 Å². The van der Waals surface area contributed by atoms with Crippen molar-refractivity contribution in [1.29, 1.82) is 0 Å². The highest BCUT2D eigenvalue weighted by atomic mass is 16.5. The van der Waals surface area contributed by atoms with Gasteiger partial charge in [-0.3, -0.25) is 9.59 Å². The zero-order valence-electron chi connectivity index (χ0n) is 9.75. The highest BCUT2D eigenvalue weighted by Gasteiger charge is 2.18. The summed E-state index contributed by atoms with van der Waals surface area (Å²) in [5, 5.41) is 5.64. The van der Waals surface area contributed by atoms with Crippen LogP contribution in [0.3, 0.4) is 0 Å². The molecular weight excluding hydrogens is 208 g/mol. The first-order valence-electron chi connectivity index (χ1n) is 5.86. The summed E-state index contributed by atoms with van der Waals surface area (Å²) in [6.07, 6.45) is 2.48. The molecule has 0 aromatic carbocycles. The number of hydrogen-bond acceptors (Lipinski definition) is 3. The molecule has 1 rings (SSSR count). The Balaban J connectivity index is 2.07. The third kappa shape index (κ3) is 5.11. The number of carbonyl (C=O) groups excluding carboxylic acids is 2. The summed E-state index contributed by atoms with van der Waals surface area (Å²) in [5.74, 6) is 0.114. The predicted molar refractivity (Wildman–Crippen MR) is 59.9 cm³/mol. The summed E-state index contributed by atoms with van der Waals surface area (Å²) in [6.45, 7) is 3.81. The minimum Gasteiger partial charge on any atom is -0.382 e. The maximum absolute atomic E-state index is 11.5. The van der Waals surface area contributed by atoms with E-state index < -0.39 is 0 Å². The van der Waals surface area contributed by atoms with Gasteiger partial charge in [-0.1, -0.05) is 0 Å². The molecule has 1 unspecified atom stereocenters. The average molecular weight is 228 g/mol. The molecule has 2 N–H and O–H groups in total. The van der Waals surface area contributed by atoms with Gasteiger partial charge in [-0.05, 0) is 19.8 Å². The van der Waals surface area contributed by atoms with Crippen LogP contribution in [0.5, 0.6) is 0 Å². The van der Waals surface area contributed by atoms with Gasteiger partial charge >= 0.3 is 0 Å². The number of nitrogens with one attached hydrogen (secondary N) is 2. The molecular formula is C11H20N2O3. The molecule has 1 atom stereocenters. The summed E-state index contributed by atoms with van der Waals surface area (Å²) >= 11 is 0. The molecule has 16 heavy (non-hydrogen) atoms. The normalized spacial score (nSPS) is 20.3. The first-order valence-corrected chi connectivity index (χ1v) is 5.86. The van der Waals surface area contributed by atoms with Gasteiger partial charge in [0.25, 0.3) is 0 Å². The van der Waals surface area contributed by atoms with Crippen molar-refractivity contribution in [1.82, 2.24) is 10.6 Å². The highest BCUT2D eigenvalue weighted by molar-refractivity contribution is 5.78. The lowest BCUT2D eigenvalue weighted by molar-refractivity contribution is -0.125. The lowest BCUT2D eigenvalue weighted by Gasteiger charge is -2.23. The van der Waals surface area contributed by atoms with E-state index in [9.17, 15) is 9.59 Å². The lowest BCUT2D eigenvalue weighted by atomic mass is 10.1. The molecule has 0 spiro atoms. The fourth-order valence-corrected chi connectivity index (χ4v) is 1.63. The Morgan fingerprint density at radius 3 is 3.06 bits per heavy atom. The van der Waals surface area contributed by atoms with Gasteiger partial charge in [0.05, 0.1) is 0 Å². The third-order valence-electron chi connectivity index (χ3n) is 2.53. The standard InChI is InChI=1S/C11H20N2O3/c1-2-16-7-3-4-11(15)13-9-5-6-10(14)12-8-9/h9H,2-8H2,1H3,(H,12,14)(H,13,15). The van der Waals surface area contributed by atoms with Gasteiger partial charge < -0.3 is 15.4 Å². The van der Waals surface area contributed by atoms with Gasteiger partial charge in [0.15, 0.2) is 0 Å². The minimum atomic E-state index is 0.0425.